The van der Waals surface area contributed by atoms with Crippen LogP contribution in [-0.4, -0.2) is 132 Å². The van der Waals surface area contributed by atoms with E-state index in [0.717, 1.165) is 52.1 Å². The number of nitrogens with one attached hydrogen (secondary N) is 2. The van der Waals surface area contributed by atoms with Gasteiger partial charge < -0.3 is 40.0 Å². The highest BCUT2D eigenvalue weighted by molar-refractivity contribution is 5.95. The van der Waals surface area contributed by atoms with Crippen LogP contribution in [0.25, 0.3) is 10.9 Å². The number of aromatic amines is 1. The Morgan fingerprint density at radius 3 is 2.47 bits per heavy atom. The van der Waals surface area contributed by atoms with E-state index < -0.39 is 51.5 Å². The predicted octanol–water partition coefficient (Wildman–Crippen LogP) is 5.17. The maximum atomic E-state index is 15.4. The van der Waals surface area contributed by atoms with Gasteiger partial charge in [-0.05, 0) is 85.7 Å². The maximum Gasteiger partial charge on any atom is 0.322 e. The van der Waals surface area contributed by atoms with Crippen molar-refractivity contribution in [1.29, 1.82) is 0 Å². The summed E-state index contributed by atoms with van der Waals surface area (Å²) in [6.45, 7) is 9.79. The topological polar surface area (TPSA) is 151 Å². The van der Waals surface area contributed by atoms with Gasteiger partial charge in [-0.15, -0.1) is 0 Å². The number of anilines is 1. The van der Waals surface area contributed by atoms with Crippen LogP contribution < -0.4 is 15.0 Å². The summed E-state index contributed by atoms with van der Waals surface area (Å²) < 4.78 is 12.4. The SMILES string of the molecule is CCC1(O)C[C@H]2C[N@](CCc3c([nH]c4ccccc34)[C@@](C(=O)OC)(c3cc4c(cc3OC)N(C)C3[C@]45CCN4CC=C[C@](CC)(C45)[C@@H](O)[C@]3(O)C(=O)NCC(C)c3ccccc3)C2)C1. The lowest BCUT2D eigenvalue weighted by Crippen LogP contribution is -2.81. The molecule has 1 aromatic heterocycles. The quantitative estimate of drug-likeness (QED) is 0.113. The number of amides is 1. The number of likely N-dealkylation sites (N-methyl/N-ethyl adjacent to an activating group) is 1. The normalized spacial score (nSPS) is 35.6. The number of hydrogen-bond acceptors (Lipinski definition) is 10. The Morgan fingerprint density at radius 2 is 1.73 bits per heavy atom. The molecule has 1 spiro atoms. The first-order valence-corrected chi connectivity index (χ1v) is 23.5. The fourth-order valence-corrected chi connectivity index (χ4v) is 14.3. The van der Waals surface area contributed by atoms with Crippen LogP contribution in [0.5, 0.6) is 5.75 Å². The van der Waals surface area contributed by atoms with Gasteiger partial charge in [0.2, 0.25) is 0 Å². The van der Waals surface area contributed by atoms with Gasteiger partial charge in [-0.25, -0.2) is 0 Å². The average Bonchev–Trinajstić information content (AvgIpc) is 3.98. The van der Waals surface area contributed by atoms with Gasteiger partial charge >= 0.3 is 5.97 Å². The van der Waals surface area contributed by atoms with Crippen molar-refractivity contribution >= 4 is 28.5 Å². The third-order valence-corrected chi connectivity index (χ3v) is 17.1. The van der Waals surface area contributed by atoms with Crippen LogP contribution in [0.3, 0.4) is 0 Å². The van der Waals surface area contributed by atoms with Gasteiger partial charge in [0.25, 0.3) is 5.91 Å². The fraction of sp³-hybridized carbons (Fsp3) is 0.538. The number of aromatic nitrogens is 1. The third kappa shape index (κ3) is 5.84. The van der Waals surface area contributed by atoms with Crippen LogP contribution >= 0.6 is 0 Å². The number of benzene rings is 3. The van der Waals surface area contributed by atoms with E-state index in [1.54, 1.807) is 7.11 Å². The van der Waals surface area contributed by atoms with Crippen molar-refractivity contribution in [2.75, 3.05) is 65.4 Å². The van der Waals surface area contributed by atoms with Crippen LogP contribution in [0.15, 0.2) is 78.9 Å². The summed E-state index contributed by atoms with van der Waals surface area (Å²) in [7, 11) is 5.00. The van der Waals surface area contributed by atoms with Gasteiger partial charge in [0, 0.05) is 90.6 Å². The molecule has 2 bridgehead atoms. The molecule has 12 heteroatoms. The molecule has 6 heterocycles. The number of hydrogen-bond donors (Lipinski definition) is 5. The summed E-state index contributed by atoms with van der Waals surface area (Å²) in [5, 5.41) is 42.7. The number of carbonyl (C=O) groups is 2. The lowest BCUT2D eigenvalue weighted by Gasteiger charge is -2.63. The number of piperidine rings is 1. The molecule has 2 saturated heterocycles. The molecular formula is C52H65N5O7. The van der Waals surface area contributed by atoms with Gasteiger partial charge in [-0.2, -0.15) is 0 Å². The highest BCUT2D eigenvalue weighted by Crippen LogP contribution is 2.67. The lowest BCUT2D eigenvalue weighted by atomic mass is 9.47. The van der Waals surface area contributed by atoms with Crippen molar-refractivity contribution in [1.82, 2.24) is 20.1 Å². The second-order valence-corrected chi connectivity index (χ2v) is 20.1. The average molecular weight is 872 g/mol. The second-order valence-electron chi connectivity index (χ2n) is 20.1. The van der Waals surface area contributed by atoms with Crippen LogP contribution in [-0.2, 0) is 31.6 Å². The summed E-state index contributed by atoms with van der Waals surface area (Å²) in [4.78, 5) is 41.1. The molecule has 5 aliphatic heterocycles. The number of rotatable bonds is 9. The predicted molar refractivity (Wildman–Crippen MR) is 247 cm³/mol. The zero-order valence-corrected chi connectivity index (χ0v) is 38.2. The van der Waals surface area contributed by atoms with Crippen molar-refractivity contribution < 1.29 is 34.4 Å². The van der Waals surface area contributed by atoms with E-state index in [0.29, 0.717) is 69.5 Å². The second kappa shape index (κ2) is 15.4. The molecule has 11 atom stereocenters. The number of H-pyrrole nitrogens is 1. The van der Waals surface area contributed by atoms with Crippen molar-refractivity contribution in [3.8, 4) is 5.75 Å². The molecule has 64 heavy (non-hydrogen) atoms. The molecule has 1 aliphatic carbocycles. The molecule has 4 aromatic rings. The minimum atomic E-state index is -2.25. The molecule has 1 amide bonds. The number of esters is 1. The molecule has 6 aliphatic rings. The first-order valence-electron chi connectivity index (χ1n) is 23.5. The van der Waals surface area contributed by atoms with E-state index in [9.17, 15) is 15.3 Å². The highest BCUT2D eigenvalue weighted by atomic mass is 16.5. The molecule has 1 saturated carbocycles. The highest BCUT2D eigenvalue weighted by Gasteiger charge is 2.78. The van der Waals surface area contributed by atoms with E-state index in [2.05, 4.69) is 50.5 Å². The maximum absolute atomic E-state index is 15.4. The number of nitrogens with zero attached hydrogens (tertiary/aromatic N) is 3. The third-order valence-electron chi connectivity index (χ3n) is 17.1. The summed E-state index contributed by atoms with van der Waals surface area (Å²) in [5.41, 5.74) is -0.272. The number of ether oxygens (including phenoxy) is 2. The number of aliphatic hydroxyl groups excluding tert-OH is 1. The lowest BCUT2D eigenvalue weighted by molar-refractivity contribution is -0.203. The Kier molecular flexibility index (Phi) is 10.4. The van der Waals surface area contributed by atoms with Crippen LogP contribution in [0, 0.1) is 11.3 Å². The van der Waals surface area contributed by atoms with E-state index in [-0.39, 0.29) is 24.4 Å². The summed E-state index contributed by atoms with van der Waals surface area (Å²) in [6.07, 6.45) is 5.95. The monoisotopic (exact) mass is 871 g/mol. The number of carbonyl (C=O) groups excluding carboxylic acids is 2. The van der Waals surface area contributed by atoms with E-state index >= 15 is 9.59 Å². The Morgan fingerprint density at radius 1 is 0.969 bits per heavy atom. The van der Waals surface area contributed by atoms with Crippen LogP contribution in [0.4, 0.5) is 5.69 Å². The van der Waals surface area contributed by atoms with Gasteiger partial charge in [0.1, 0.15) is 17.3 Å². The molecule has 12 nitrogen and oxygen atoms in total. The molecular weight excluding hydrogens is 807 g/mol. The van der Waals surface area contributed by atoms with Crippen molar-refractivity contribution in [2.45, 2.75) is 105 Å². The molecule has 3 fully saturated rings. The van der Waals surface area contributed by atoms with Crippen molar-refractivity contribution in [2.24, 2.45) is 11.3 Å². The minimum Gasteiger partial charge on any atom is -0.496 e. The van der Waals surface area contributed by atoms with Gasteiger partial charge in [-0.1, -0.05) is 81.5 Å². The van der Waals surface area contributed by atoms with Crippen LogP contribution in [0.2, 0.25) is 0 Å². The van der Waals surface area contributed by atoms with E-state index in [1.807, 2.05) is 81.2 Å². The summed E-state index contributed by atoms with van der Waals surface area (Å²) in [5.74, 6) is -0.662. The van der Waals surface area contributed by atoms with Crippen molar-refractivity contribution in [3.63, 3.8) is 0 Å². The Labute approximate surface area is 376 Å². The molecule has 4 unspecified atom stereocenters. The standard InChI is InChI=1S/C52H65N5O7/c1-7-48(61)27-33-28-51(47(60)64-6,42-36(19-23-56(30-33)31-48)35-17-12-13-18-39(35)54-42)38-25-37-40(26-41(38)63-5)55(4)44-50(37)21-24-57-22-14-20-49(8-2,43(50)57)45(58)52(44,62)46(59)53-29-32(3)34-15-10-9-11-16-34/h9-18,20,25-26,32-33,43-45,54,58,61-62H,7-8,19,21-24,27-31H2,1-6H3,(H,53,59)/t32?,33-,43?,44?,45-,48?,49-,50-,51+,52+/m1/s1. The minimum absolute atomic E-state index is 0.0419. The van der Waals surface area contributed by atoms with Gasteiger partial charge in [0.05, 0.1) is 25.9 Å². The van der Waals surface area contributed by atoms with Gasteiger partial charge in [0.15, 0.2) is 5.60 Å². The number of aliphatic hydroxyl groups is 3. The first kappa shape index (κ1) is 43.2. The van der Waals surface area contributed by atoms with Crippen molar-refractivity contribution in [3.05, 3.63) is 107 Å². The Balaban J connectivity index is 1.21. The number of methoxy groups -OCH3 is 2. The number of fused-ring (bicyclic) bond motifs is 6. The molecule has 340 valence electrons. The smallest absolute Gasteiger partial charge is 0.322 e. The largest absolute Gasteiger partial charge is 0.496 e. The molecule has 5 N–H and O–H groups in total. The summed E-state index contributed by atoms with van der Waals surface area (Å²) in [6, 6.07) is 21.2. The first-order chi connectivity index (χ1) is 30.8. The number of para-hydroxylation sites is 1. The Bertz CT molecular complexity index is 2510. The van der Waals surface area contributed by atoms with E-state index in [4.69, 9.17) is 9.47 Å². The molecule has 3 aromatic carbocycles. The Hall–Kier alpha value is -4.72. The zero-order chi connectivity index (χ0) is 45.0. The summed E-state index contributed by atoms with van der Waals surface area (Å²) >= 11 is 0. The van der Waals surface area contributed by atoms with Crippen LogP contribution in [0.1, 0.15) is 86.7 Å². The fourth-order valence-electron chi connectivity index (χ4n) is 14.3. The zero-order valence-electron chi connectivity index (χ0n) is 38.2. The molecule has 0 radical (unpaired) electrons. The van der Waals surface area contributed by atoms with E-state index in [1.165, 1.54) is 7.11 Å². The van der Waals surface area contributed by atoms with Gasteiger partial charge in [-0.3, -0.25) is 19.4 Å². The molecule has 10 rings (SSSR count).